The van der Waals surface area contributed by atoms with Crippen molar-refractivity contribution in [1.82, 2.24) is 4.31 Å². The molecule has 0 saturated heterocycles. The van der Waals surface area contributed by atoms with Crippen LogP contribution in [0.15, 0.2) is 18.2 Å². The molecule has 2 rings (SSSR count). The number of sulfonamides is 1. The van der Waals surface area contributed by atoms with E-state index >= 15 is 0 Å². The quantitative estimate of drug-likeness (QED) is 0.849. The maximum absolute atomic E-state index is 12.2. The smallest absolute Gasteiger partial charge is 0.214 e. The van der Waals surface area contributed by atoms with Crippen molar-refractivity contribution in [3.63, 3.8) is 0 Å². The first-order valence-corrected chi connectivity index (χ1v) is 8.46. The first-order chi connectivity index (χ1) is 9.44. The van der Waals surface area contributed by atoms with E-state index in [1.807, 2.05) is 44.1 Å². The average Bonchev–Trinajstić information content (AvgIpc) is 2.60. The molecule has 1 aromatic rings. The van der Waals surface area contributed by atoms with Crippen molar-refractivity contribution in [3.8, 4) is 5.75 Å². The summed E-state index contributed by atoms with van der Waals surface area (Å²) in [7, 11) is 0.734. The number of anilines is 1. The van der Waals surface area contributed by atoms with Gasteiger partial charge in [-0.15, -0.1) is 0 Å². The Kier molecular flexibility index (Phi) is 4.55. The van der Waals surface area contributed by atoms with Crippen LogP contribution in [0, 0.1) is 0 Å². The van der Waals surface area contributed by atoms with Crippen molar-refractivity contribution in [2.75, 3.05) is 37.9 Å². The van der Waals surface area contributed by atoms with E-state index in [1.165, 1.54) is 4.31 Å². The summed E-state index contributed by atoms with van der Waals surface area (Å²) in [6.45, 7) is 3.08. The van der Waals surface area contributed by atoms with Crippen LogP contribution in [0.3, 0.4) is 0 Å². The van der Waals surface area contributed by atoms with Gasteiger partial charge in [-0.25, -0.2) is 8.42 Å². The monoisotopic (exact) mass is 298 g/mol. The van der Waals surface area contributed by atoms with Gasteiger partial charge in [0.2, 0.25) is 10.0 Å². The lowest BCUT2D eigenvalue weighted by Crippen LogP contribution is -2.34. The molecular formula is C14H22N2O3S. The molecule has 0 fully saturated rings. The second kappa shape index (κ2) is 6.01. The first kappa shape index (κ1) is 15.1. The van der Waals surface area contributed by atoms with Crippen molar-refractivity contribution in [1.29, 1.82) is 0 Å². The van der Waals surface area contributed by atoms with Crippen LogP contribution in [0.4, 0.5) is 5.69 Å². The molecule has 1 aromatic carbocycles. The van der Waals surface area contributed by atoms with Gasteiger partial charge >= 0.3 is 0 Å². The number of hydrogen-bond donors (Lipinski definition) is 0. The van der Waals surface area contributed by atoms with Gasteiger partial charge in [-0.3, -0.25) is 0 Å². The van der Waals surface area contributed by atoms with Crippen LogP contribution in [-0.2, 0) is 16.6 Å². The van der Waals surface area contributed by atoms with Gasteiger partial charge in [0.1, 0.15) is 12.4 Å². The zero-order valence-electron chi connectivity index (χ0n) is 12.3. The van der Waals surface area contributed by atoms with E-state index in [0.29, 0.717) is 26.1 Å². The molecule has 0 bridgehead atoms. The third-order valence-corrected chi connectivity index (χ3v) is 5.38. The summed E-state index contributed by atoms with van der Waals surface area (Å²) < 4.78 is 31.6. The molecular weight excluding hydrogens is 276 g/mol. The SMILES string of the molecule is CCCS(=O)(=O)N1CCOc2ccc(N(C)C)cc2C1. The van der Waals surface area contributed by atoms with Crippen LogP contribution in [0.25, 0.3) is 0 Å². The van der Waals surface area contributed by atoms with Gasteiger partial charge in [-0.05, 0) is 24.6 Å². The van der Waals surface area contributed by atoms with E-state index < -0.39 is 10.0 Å². The molecule has 0 aromatic heterocycles. The van der Waals surface area contributed by atoms with Crippen molar-refractivity contribution in [2.24, 2.45) is 0 Å². The first-order valence-electron chi connectivity index (χ1n) is 6.85. The normalized spacial score (nSPS) is 16.1. The minimum Gasteiger partial charge on any atom is -0.492 e. The Morgan fingerprint density at radius 1 is 1.35 bits per heavy atom. The Balaban J connectivity index is 2.30. The highest BCUT2D eigenvalue weighted by Gasteiger charge is 2.25. The maximum atomic E-state index is 12.2. The maximum Gasteiger partial charge on any atom is 0.214 e. The molecule has 0 saturated carbocycles. The van der Waals surface area contributed by atoms with E-state index in [-0.39, 0.29) is 5.75 Å². The van der Waals surface area contributed by atoms with Crippen molar-refractivity contribution in [3.05, 3.63) is 23.8 Å². The van der Waals surface area contributed by atoms with Gasteiger partial charge in [0.15, 0.2) is 0 Å². The Morgan fingerprint density at radius 2 is 2.10 bits per heavy atom. The highest BCUT2D eigenvalue weighted by molar-refractivity contribution is 7.89. The molecule has 5 nitrogen and oxygen atoms in total. The number of rotatable bonds is 4. The van der Waals surface area contributed by atoms with Crippen LogP contribution in [0.5, 0.6) is 5.75 Å². The zero-order valence-corrected chi connectivity index (χ0v) is 13.1. The van der Waals surface area contributed by atoms with Gasteiger partial charge in [0.25, 0.3) is 0 Å². The molecule has 6 heteroatoms. The molecule has 20 heavy (non-hydrogen) atoms. The predicted molar refractivity (Wildman–Crippen MR) is 80.8 cm³/mol. The minimum absolute atomic E-state index is 0.190. The Hall–Kier alpha value is -1.27. The van der Waals surface area contributed by atoms with Gasteiger partial charge in [0, 0.05) is 38.4 Å². The van der Waals surface area contributed by atoms with Crippen molar-refractivity contribution < 1.29 is 13.2 Å². The van der Waals surface area contributed by atoms with Gasteiger partial charge in [-0.2, -0.15) is 4.31 Å². The Labute approximate surface area is 121 Å². The Morgan fingerprint density at radius 3 is 2.75 bits per heavy atom. The number of ether oxygens (including phenoxy) is 1. The molecule has 0 atom stereocenters. The lowest BCUT2D eigenvalue weighted by Gasteiger charge is -2.20. The Bertz CT molecular complexity index is 570. The highest BCUT2D eigenvalue weighted by Crippen LogP contribution is 2.28. The lowest BCUT2D eigenvalue weighted by atomic mass is 10.1. The molecule has 1 aliphatic heterocycles. The fraction of sp³-hybridized carbons (Fsp3) is 0.571. The van der Waals surface area contributed by atoms with Crippen molar-refractivity contribution >= 4 is 15.7 Å². The van der Waals surface area contributed by atoms with E-state index in [0.717, 1.165) is 17.0 Å². The molecule has 0 N–H and O–H groups in total. The fourth-order valence-corrected chi connectivity index (χ4v) is 3.72. The molecule has 0 amide bonds. The molecule has 1 heterocycles. The highest BCUT2D eigenvalue weighted by atomic mass is 32.2. The standard InChI is InChI=1S/C14H22N2O3S/c1-4-9-20(17,18)16-7-8-19-14-6-5-13(15(2)3)10-12(14)11-16/h5-6,10H,4,7-9,11H2,1-3H3. The van der Waals surface area contributed by atoms with Crippen LogP contribution in [0.1, 0.15) is 18.9 Å². The molecule has 112 valence electrons. The summed E-state index contributed by atoms with van der Waals surface area (Å²) in [6.07, 6.45) is 0.629. The second-order valence-corrected chi connectivity index (χ2v) is 7.27. The van der Waals surface area contributed by atoms with Gasteiger partial charge in [0.05, 0.1) is 5.75 Å². The zero-order chi connectivity index (χ0) is 14.8. The number of fused-ring (bicyclic) bond motifs is 1. The van der Waals surface area contributed by atoms with Crippen LogP contribution in [0.2, 0.25) is 0 Å². The van der Waals surface area contributed by atoms with Crippen LogP contribution < -0.4 is 9.64 Å². The van der Waals surface area contributed by atoms with E-state index in [2.05, 4.69) is 0 Å². The van der Waals surface area contributed by atoms with E-state index in [4.69, 9.17) is 4.74 Å². The average molecular weight is 298 g/mol. The summed E-state index contributed by atoms with van der Waals surface area (Å²) in [4.78, 5) is 2.00. The summed E-state index contributed by atoms with van der Waals surface area (Å²) in [5.41, 5.74) is 1.97. The number of nitrogens with zero attached hydrogens (tertiary/aromatic N) is 2. The predicted octanol–water partition coefficient (Wildman–Crippen LogP) is 1.69. The van der Waals surface area contributed by atoms with E-state index in [1.54, 1.807) is 0 Å². The molecule has 0 unspecified atom stereocenters. The number of benzene rings is 1. The van der Waals surface area contributed by atoms with E-state index in [9.17, 15) is 8.42 Å². The number of hydrogen-bond acceptors (Lipinski definition) is 4. The summed E-state index contributed by atoms with van der Waals surface area (Å²) in [5, 5.41) is 0. The fourth-order valence-electron chi connectivity index (χ4n) is 2.26. The minimum atomic E-state index is -3.19. The molecule has 0 spiro atoms. The summed E-state index contributed by atoms with van der Waals surface area (Å²) in [5.74, 6) is 0.972. The van der Waals surface area contributed by atoms with Crippen LogP contribution >= 0.6 is 0 Å². The largest absolute Gasteiger partial charge is 0.492 e. The van der Waals surface area contributed by atoms with Crippen LogP contribution in [-0.4, -0.2) is 45.7 Å². The van der Waals surface area contributed by atoms with Crippen molar-refractivity contribution in [2.45, 2.75) is 19.9 Å². The molecule has 0 aliphatic carbocycles. The summed E-state index contributed by atoms with van der Waals surface area (Å²) >= 11 is 0. The topological polar surface area (TPSA) is 49.9 Å². The third kappa shape index (κ3) is 3.24. The second-order valence-electron chi connectivity index (χ2n) is 5.18. The summed E-state index contributed by atoms with van der Waals surface area (Å²) in [6, 6.07) is 5.89. The molecule has 0 radical (unpaired) electrons. The lowest BCUT2D eigenvalue weighted by molar-refractivity contribution is 0.293. The molecule has 1 aliphatic rings. The third-order valence-electron chi connectivity index (χ3n) is 3.36. The van der Waals surface area contributed by atoms with Gasteiger partial charge in [-0.1, -0.05) is 6.92 Å². The van der Waals surface area contributed by atoms with Gasteiger partial charge < -0.3 is 9.64 Å².